The average molecular weight is 420 g/mol. The van der Waals surface area contributed by atoms with E-state index in [0.717, 1.165) is 76.7 Å². The van der Waals surface area contributed by atoms with Gasteiger partial charge in [-0.2, -0.15) is 0 Å². The summed E-state index contributed by atoms with van der Waals surface area (Å²) in [6.45, 7) is 11.6. The minimum Gasteiger partial charge on any atom is -0.356 e. The number of carbonyl (C=O) groups excluding carboxylic acids is 1. The fraction of sp³-hybridized carbons (Fsp3) is 0.818. The van der Waals surface area contributed by atoms with E-state index in [4.69, 9.17) is 4.99 Å². The number of rotatable bonds is 14. The topological polar surface area (TPSA) is 87.4 Å². The molecule has 2 rings (SSSR count). The van der Waals surface area contributed by atoms with Crippen LogP contribution >= 0.6 is 0 Å². The van der Waals surface area contributed by atoms with Gasteiger partial charge in [-0.1, -0.05) is 40.0 Å². The summed E-state index contributed by atoms with van der Waals surface area (Å²) in [5.74, 6) is 2.80. The molecule has 1 atom stereocenters. The van der Waals surface area contributed by atoms with E-state index in [2.05, 4.69) is 46.2 Å². The Balaban J connectivity index is 1.82. The average Bonchev–Trinajstić information content (AvgIpc) is 3.39. The predicted octanol–water partition coefficient (Wildman–Crippen LogP) is 2.60. The van der Waals surface area contributed by atoms with E-state index >= 15 is 0 Å². The number of carbonyl (C=O) groups is 1. The second kappa shape index (κ2) is 14.0. The van der Waals surface area contributed by atoms with E-state index < -0.39 is 0 Å². The van der Waals surface area contributed by atoms with E-state index in [1.165, 1.54) is 19.3 Å². The Morgan fingerprint density at radius 3 is 2.73 bits per heavy atom. The first-order valence-electron chi connectivity index (χ1n) is 11.8. The lowest BCUT2D eigenvalue weighted by atomic mass is 10.00. The molecule has 1 aliphatic rings. The van der Waals surface area contributed by atoms with Crippen LogP contribution in [0.25, 0.3) is 0 Å². The Kier molecular flexibility index (Phi) is 11.3. The van der Waals surface area contributed by atoms with Gasteiger partial charge in [-0.15, -0.1) is 10.2 Å². The minimum absolute atomic E-state index is 0.296. The lowest BCUT2D eigenvalue weighted by Gasteiger charge is -2.18. The van der Waals surface area contributed by atoms with Crippen molar-refractivity contribution in [2.45, 2.75) is 78.7 Å². The van der Waals surface area contributed by atoms with Crippen LogP contribution in [0.2, 0.25) is 0 Å². The number of amides is 1. The van der Waals surface area contributed by atoms with Gasteiger partial charge in [-0.3, -0.25) is 9.79 Å². The van der Waals surface area contributed by atoms with Crippen molar-refractivity contribution in [1.82, 2.24) is 30.3 Å². The molecular formula is C22H41N7O. The summed E-state index contributed by atoms with van der Waals surface area (Å²) in [7, 11) is 0. The molecule has 1 unspecified atom stereocenters. The minimum atomic E-state index is 0.296. The van der Waals surface area contributed by atoms with Crippen LogP contribution in [0.3, 0.4) is 0 Å². The van der Waals surface area contributed by atoms with Crippen LogP contribution in [0, 0.1) is 5.92 Å². The summed E-state index contributed by atoms with van der Waals surface area (Å²) < 4.78 is 2.08. The highest BCUT2D eigenvalue weighted by molar-refractivity contribution is 5.79. The Labute approximate surface area is 181 Å². The highest BCUT2D eigenvalue weighted by Gasteiger charge is 2.19. The Hall–Kier alpha value is -2.12. The van der Waals surface area contributed by atoms with E-state index in [9.17, 15) is 4.79 Å². The first kappa shape index (κ1) is 24.2. The smallest absolute Gasteiger partial charge is 0.222 e. The van der Waals surface area contributed by atoms with Crippen LogP contribution in [0.4, 0.5) is 0 Å². The lowest BCUT2D eigenvalue weighted by molar-refractivity contribution is -0.127. The molecule has 1 amide bonds. The molecule has 1 fully saturated rings. The van der Waals surface area contributed by atoms with Gasteiger partial charge in [0.25, 0.3) is 0 Å². The first-order chi connectivity index (χ1) is 14.7. The number of nitrogens with one attached hydrogen (secondary N) is 2. The Bertz CT molecular complexity index is 643. The fourth-order valence-electron chi connectivity index (χ4n) is 3.76. The molecule has 8 nitrogen and oxygen atoms in total. The highest BCUT2D eigenvalue weighted by Crippen LogP contribution is 2.12. The molecule has 0 radical (unpaired) electrons. The molecule has 8 heteroatoms. The number of unbranched alkanes of at least 4 members (excludes halogenated alkanes) is 1. The van der Waals surface area contributed by atoms with Crippen LogP contribution in [-0.4, -0.2) is 64.3 Å². The number of aliphatic imine (C=N–C) groups is 1. The standard InChI is InChI=1S/C22H41N7O/c1-4-7-10-19(5-2)17-25-22(23-12-9-15-28-14-8-11-21(28)30)24-13-16-29-18-26-27-20(29)6-3/h18-19H,4-17H2,1-3H3,(H2,23,24,25). The normalized spacial score (nSPS) is 15.6. The van der Waals surface area contributed by atoms with Gasteiger partial charge >= 0.3 is 0 Å². The van der Waals surface area contributed by atoms with Crippen LogP contribution < -0.4 is 10.6 Å². The third-order valence-electron chi connectivity index (χ3n) is 5.78. The van der Waals surface area contributed by atoms with Crippen LogP contribution in [-0.2, 0) is 17.8 Å². The quantitative estimate of drug-likeness (QED) is 0.275. The largest absolute Gasteiger partial charge is 0.356 e. The Morgan fingerprint density at radius 1 is 1.20 bits per heavy atom. The van der Waals surface area contributed by atoms with Gasteiger partial charge in [0.1, 0.15) is 12.2 Å². The molecule has 0 bridgehead atoms. The summed E-state index contributed by atoms with van der Waals surface area (Å²) in [6, 6.07) is 0. The first-order valence-corrected chi connectivity index (χ1v) is 11.8. The highest BCUT2D eigenvalue weighted by atomic mass is 16.2. The van der Waals surface area contributed by atoms with E-state index in [0.29, 0.717) is 18.2 Å². The molecule has 1 aromatic rings. The maximum atomic E-state index is 11.8. The molecule has 1 saturated heterocycles. The van der Waals surface area contributed by atoms with E-state index in [-0.39, 0.29) is 0 Å². The van der Waals surface area contributed by atoms with Crippen molar-refractivity contribution in [2.75, 3.05) is 32.7 Å². The molecule has 2 N–H and O–H groups in total. The van der Waals surface area contributed by atoms with Gasteiger partial charge in [0.2, 0.25) is 5.91 Å². The second-order valence-corrected chi connectivity index (χ2v) is 8.09. The van der Waals surface area contributed by atoms with Gasteiger partial charge in [0, 0.05) is 52.1 Å². The van der Waals surface area contributed by atoms with Gasteiger partial charge < -0.3 is 20.1 Å². The number of hydrogen-bond donors (Lipinski definition) is 2. The molecule has 30 heavy (non-hydrogen) atoms. The summed E-state index contributed by atoms with van der Waals surface area (Å²) in [4.78, 5) is 18.6. The van der Waals surface area contributed by atoms with Crippen molar-refractivity contribution in [2.24, 2.45) is 10.9 Å². The lowest BCUT2D eigenvalue weighted by Crippen LogP contribution is -2.40. The van der Waals surface area contributed by atoms with Gasteiger partial charge in [-0.25, -0.2) is 0 Å². The number of likely N-dealkylation sites (tertiary alicyclic amines) is 1. The SMILES string of the molecule is CCCCC(CC)CN=C(NCCCN1CCCC1=O)NCCn1cnnc1CC. The number of aryl methyl sites for hydroxylation is 1. The molecule has 1 aromatic heterocycles. The van der Waals surface area contributed by atoms with Gasteiger partial charge in [0.15, 0.2) is 5.96 Å². The number of nitrogens with zero attached hydrogens (tertiary/aromatic N) is 5. The summed E-state index contributed by atoms with van der Waals surface area (Å²) in [6.07, 6.45) is 10.2. The van der Waals surface area contributed by atoms with Crippen molar-refractivity contribution in [3.8, 4) is 0 Å². The zero-order chi connectivity index (χ0) is 21.6. The molecule has 0 aliphatic carbocycles. The number of guanidine groups is 1. The summed E-state index contributed by atoms with van der Waals surface area (Å²) in [5, 5.41) is 15.1. The van der Waals surface area contributed by atoms with E-state index in [1.807, 2.05) is 4.90 Å². The summed E-state index contributed by atoms with van der Waals surface area (Å²) >= 11 is 0. The second-order valence-electron chi connectivity index (χ2n) is 8.09. The van der Waals surface area contributed by atoms with Gasteiger partial charge in [0.05, 0.1) is 0 Å². The van der Waals surface area contributed by atoms with Crippen molar-refractivity contribution in [1.29, 1.82) is 0 Å². The van der Waals surface area contributed by atoms with Crippen molar-refractivity contribution >= 4 is 11.9 Å². The molecular weight excluding hydrogens is 378 g/mol. The maximum Gasteiger partial charge on any atom is 0.222 e. The van der Waals surface area contributed by atoms with Crippen molar-refractivity contribution in [3.05, 3.63) is 12.2 Å². The third-order valence-corrected chi connectivity index (χ3v) is 5.78. The van der Waals surface area contributed by atoms with Crippen LogP contribution in [0.15, 0.2) is 11.3 Å². The molecule has 0 aromatic carbocycles. The van der Waals surface area contributed by atoms with Crippen molar-refractivity contribution in [3.63, 3.8) is 0 Å². The monoisotopic (exact) mass is 419 g/mol. The molecule has 1 aliphatic heterocycles. The van der Waals surface area contributed by atoms with E-state index in [1.54, 1.807) is 6.33 Å². The number of aromatic nitrogens is 3. The molecule has 0 spiro atoms. The molecule has 170 valence electrons. The summed E-state index contributed by atoms with van der Waals surface area (Å²) in [5.41, 5.74) is 0. The zero-order valence-corrected chi connectivity index (χ0v) is 19.2. The van der Waals surface area contributed by atoms with Crippen LogP contribution in [0.1, 0.15) is 71.5 Å². The molecule has 0 saturated carbocycles. The van der Waals surface area contributed by atoms with Gasteiger partial charge in [-0.05, 0) is 25.2 Å². The van der Waals surface area contributed by atoms with Crippen LogP contribution in [0.5, 0.6) is 0 Å². The Morgan fingerprint density at radius 2 is 2.03 bits per heavy atom. The number of hydrogen-bond acceptors (Lipinski definition) is 4. The van der Waals surface area contributed by atoms with Crippen molar-refractivity contribution < 1.29 is 4.79 Å². The maximum absolute atomic E-state index is 11.8. The fourth-order valence-corrected chi connectivity index (χ4v) is 3.76. The zero-order valence-electron chi connectivity index (χ0n) is 19.2. The predicted molar refractivity (Wildman–Crippen MR) is 121 cm³/mol. The third kappa shape index (κ3) is 8.32. The molecule has 2 heterocycles.